The summed E-state index contributed by atoms with van der Waals surface area (Å²) in [7, 11) is 1.44. The average molecular weight is 489 g/mol. The van der Waals surface area contributed by atoms with E-state index < -0.39 is 11.7 Å². The van der Waals surface area contributed by atoms with E-state index in [0.717, 1.165) is 16.7 Å². The molecule has 0 aliphatic heterocycles. The van der Waals surface area contributed by atoms with Crippen LogP contribution >= 0.6 is 23.4 Å². The van der Waals surface area contributed by atoms with Gasteiger partial charge in [-0.05, 0) is 67.6 Å². The Labute approximate surface area is 200 Å². The summed E-state index contributed by atoms with van der Waals surface area (Å²) in [6, 6.07) is 16.1. The summed E-state index contributed by atoms with van der Waals surface area (Å²) in [5.41, 5.74) is 0.580. The number of ether oxygens (including phenoxy) is 2. The van der Waals surface area contributed by atoms with Gasteiger partial charge in [0.25, 0.3) is 5.91 Å². The zero-order valence-electron chi connectivity index (χ0n) is 18.0. The highest BCUT2D eigenvalue weighted by Crippen LogP contribution is 2.29. The van der Waals surface area contributed by atoms with Crippen molar-refractivity contribution in [1.29, 1.82) is 0 Å². The van der Waals surface area contributed by atoms with Gasteiger partial charge >= 0.3 is 0 Å². The second-order valence-corrected chi connectivity index (χ2v) is 8.22. The third-order valence-electron chi connectivity index (χ3n) is 4.41. The lowest BCUT2D eigenvalue weighted by Gasteiger charge is -2.13. The quantitative estimate of drug-likeness (QED) is 0.368. The Balaban J connectivity index is 1.64. The van der Waals surface area contributed by atoms with E-state index in [4.69, 9.17) is 21.1 Å². The predicted octanol–water partition coefficient (Wildman–Crippen LogP) is 5.87. The van der Waals surface area contributed by atoms with Crippen LogP contribution in [0.2, 0.25) is 5.02 Å². The molecule has 6 nitrogen and oxygen atoms in total. The molecule has 172 valence electrons. The summed E-state index contributed by atoms with van der Waals surface area (Å²) >= 11 is 7.13. The number of anilines is 2. The average Bonchev–Trinajstić information content (AvgIpc) is 2.79. The Hall–Kier alpha value is -3.23. The number of thioether (sulfide) groups is 1. The molecule has 0 fully saturated rings. The minimum absolute atomic E-state index is 0.164. The van der Waals surface area contributed by atoms with E-state index in [-0.39, 0.29) is 27.9 Å². The molecule has 3 aromatic rings. The minimum Gasteiger partial charge on any atom is -0.495 e. The lowest BCUT2D eigenvalue weighted by Crippen LogP contribution is -2.16. The summed E-state index contributed by atoms with van der Waals surface area (Å²) in [6.45, 7) is 2.51. The fraction of sp³-hybridized carbons (Fsp3) is 0.167. The maximum Gasteiger partial charge on any atom is 0.258 e. The molecule has 0 bridgehead atoms. The van der Waals surface area contributed by atoms with Crippen LogP contribution in [0.15, 0.2) is 65.6 Å². The van der Waals surface area contributed by atoms with Crippen LogP contribution in [0.4, 0.5) is 15.8 Å². The number of nitrogens with one attached hydrogen (secondary N) is 2. The van der Waals surface area contributed by atoms with Crippen LogP contribution in [0.25, 0.3) is 0 Å². The van der Waals surface area contributed by atoms with E-state index >= 15 is 0 Å². The Bertz CT molecular complexity index is 1140. The normalized spacial score (nSPS) is 10.4. The number of hydrogen-bond donors (Lipinski definition) is 2. The van der Waals surface area contributed by atoms with Crippen LogP contribution in [-0.4, -0.2) is 31.3 Å². The zero-order chi connectivity index (χ0) is 23.8. The van der Waals surface area contributed by atoms with Crippen molar-refractivity contribution in [3.8, 4) is 11.5 Å². The lowest BCUT2D eigenvalue weighted by molar-refractivity contribution is -0.113. The summed E-state index contributed by atoms with van der Waals surface area (Å²) in [5, 5.41) is 5.58. The van der Waals surface area contributed by atoms with Crippen LogP contribution in [0.5, 0.6) is 11.5 Å². The maximum absolute atomic E-state index is 14.1. The number of carbonyl (C=O) groups is 2. The smallest absolute Gasteiger partial charge is 0.258 e. The summed E-state index contributed by atoms with van der Waals surface area (Å²) < 4.78 is 24.8. The van der Waals surface area contributed by atoms with Gasteiger partial charge in [-0.15, -0.1) is 11.8 Å². The summed E-state index contributed by atoms with van der Waals surface area (Å²) in [6.07, 6.45) is 0. The predicted molar refractivity (Wildman–Crippen MR) is 129 cm³/mol. The van der Waals surface area contributed by atoms with Crippen LogP contribution in [0.1, 0.15) is 17.3 Å². The van der Waals surface area contributed by atoms with Gasteiger partial charge < -0.3 is 20.1 Å². The van der Waals surface area contributed by atoms with Crippen molar-refractivity contribution in [2.24, 2.45) is 0 Å². The van der Waals surface area contributed by atoms with Gasteiger partial charge in [-0.2, -0.15) is 0 Å². The number of methoxy groups -OCH3 is 1. The van der Waals surface area contributed by atoms with Crippen molar-refractivity contribution in [1.82, 2.24) is 0 Å². The Morgan fingerprint density at radius 3 is 2.45 bits per heavy atom. The number of rotatable bonds is 9. The highest BCUT2D eigenvalue weighted by molar-refractivity contribution is 8.00. The van der Waals surface area contributed by atoms with Crippen molar-refractivity contribution in [2.45, 2.75) is 11.8 Å². The van der Waals surface area contributed by atoms with Crippen molar-refractivity contribution in [3.63, 3.8) is 0 Å². The molecular weight excluding hydrogens is 467 g/mol. The molecule has 0 heterocycles. The van der Waals surface area contributed by atoms with Gasteiger partial charge in [0.1, 0.15) is 17.3 Å². The number of halogens is 2. The summed E-state index contributed by atoms with van der Waals surface area (Å²) in [5.74, 6) is -0.304. The molecular formula is C24H22ClFN2O4S. The Kier molecular flexibility index (Phi) is 8.57. The van der Waals surface area contributed by atoms with Crippen molar-refractivity contribution < 1.29 is 23.5 Å². The number of amides is 2. The molecule has 0 aliphatic rings. The van der Waals surface area contributed by atoms with Gasteiger partial charge in [0.05, 0.1) is 30.7 Å². The molecule has 3 aromatic carbocycles. The molecule has 0 aliphatic carbocycles. The van der Waals surface area contributed by atoms with Crippen LogP contribution in [0, 0.1) is 5.82 Å². The van der Waals surface area contributed by atoms with Gasteiger partial charge in [-0.3, -0.25) is 9.59 Å². The SMILES string of the molecule is CCOc1ccc(SCC(=O)Nc2ccc(OC)c(NC(=O)c3ccc(Cl)cc3F)c2)cc1. The minimum atomic E-state index is -0.741. The highest BCUT2D eigenvalue weighted by atomic mass is 35.5. The van der Waals surface area contributed by atoms with Gasteiger partial charge in [0, 0.05) is 15.6 Å². The third kappa shape index (κ3) is 6.87. The third-order valence-corrected chi connectivity index (χ3v) is 5.66. The van der Waals surface area contributed by atoms with Crippen molar-refractivity contribution >= 4 is 46.6 Å². The molecule has 0 saturated carbocycles. The highest BCUT2D eigenvalue weighted by Gasteiger charge is 2.15. The first kappa shape index (κ1) is 24.4. The van der Waals surface area contributed by atoms with E-state index in [1.54, 1.807) is 18.2 Å². The van der Waals surface area contributed by atoms with Crippen LogP contribution in [0.3, 0.4) is 0 Å². The first-order chi connectivity index (χ1) is 15.9. The molecule has 33 heavy (non-hydrogen) atoms. The van der Waals surface area contributed by atoms with E-state index in [1.807, 2.05) is 31.2 Å². The van der Waals surface area contributed by atoms with E-state index in [9.17, 15) is 14.0 Å². The van der Waals surface area contributed by atoms with Crippen molar-refractivity contribution in [2.75, 3.05) is 30.1 Å². The fourth-order valence-electron chi connectivity index (χ4n) is 2.89. The van der Waals surface area contributed by atoms with E-state index in [2.05, 4.69) is 10.6 Å². The van der Waals surface area contributed by atoms with E-state index in [0.29, 0.717) is 18.0 Å². The number of benzene rings is 3. The van der Waals surface area contributed by atoms with Gasteiger partial charge in [0.15, 0.2) is 0 Å². The van der Waals surface area contributed by atoms with Crippen molar-refractivity contribution in [3.05, 3.63) is 77.1 Å². The number of carbonyl (C=O) groups excluding carboxylic acids is 2. The molecule has 0 atom stereocenters. The zero-order valence-corrected chi connectivity index (χ0v) is 19.6. The molecule has 2 amide bonds. The second kappa shape index (κ2) is 11.6. The molecule has 0 aromatic heterocycles. The number of hydrogen-bond acceptors (Lipinski definition) is 5. The monoisotopic (exact) mass is 488 g/mol. The topological polar surface area (TPSA) is 76.7 Å². The maximum atomic E-state index is 14.1. The molecule has 3 rings (SSSR count). The van der Waals surface area contributed by atoms with Gasteiger partial charge in [-0.1, -0.05) is 11.6 Å². The molecule has 0 spiro atoms. The molecule has 0 saturated heterocycles. The first-order valence-corrected chi connectivity index (χ1v) is 11.4. The largest absolute Gasteiger partial charge is 0.495 e. The van der Waals surface area contributed by atoms with Gasteiger partial charge in [-0.25, -0.2) is 4.39 Å². The van der Waals surface area contributed by atoms with E-state index in [1.165, 1.54) is 31.0 Å². The lowest BCUT2D eigenvalue weighted by atomic mass is 10.2. The van der Waals surface area contributed by atoms with Crippen LogP contribution in [-0.2, 0) is 4.79 Å². The summed E-state index contributed by atoms with van der Waals surface area (Å²) in [4.78, 5) is 25.9. The molecule has 0 radical (unpaired) electrons. The molecule has 0 unspecified atom stereocenters. The standard InChI is InChI=1S/C24H22ClFN2O4S/c1-3-32-17-6-8-18(9-7-17)33-14-23(29)27-16-5-11-22(31-2)21(13-16)28-24(30)19-10-4-15(25)12-20(19)26/h4-13H,3,14H2,1-2H3,(H,27,29)(H,28,30). The second-order valence-electron chi connectivity index (χ2n) is 6.73. The first-order valence-electron chi connectivity index (χ1n) is 9.99. The Morgan fingerprint density at radius 2 is 1.79 bits per heavy atom. The van der Waals surface area contributed by atoms with Crippen LogP contribution < -0.4 is 20.1 Å². The van der Waals surface area contributed by atoms with Gasteiger partial charge in [0.2, 0.25) is 5.91 Å². The Morgan fingerprint density at radius 1 is 1.03 bits per heavy atom. The fourth-order valence-corrected chi connectivity index (χ4v) is 3.75. The molecule has 2 N–H and O–H groups in total. The molecule has 9 heteroatoms.